The SMILES string of the molecule is O=C(CCc1ccccc1O)NC[C@@H]1CCN(c2ccc(Cl)cc2)C1. The van der Waals surface area contributed by atoms with Gasteiger partial charge in [-0.2, -0.15) is 0 Å². The normalized spacial score (nSPS) is 16.8. The van der Waals surface area contributed by atoms with Crippen LogP contribution < -0.4 is 10.2 Å². The molecule has 2 N–H and O–H groups in total. The van der Waals surface area contributed by atoms with Gasteiger partial charge in [0.15, 0.2) is 0 Å². The first kappa shape index (κ1) is 17.6. The Balaban J connectivity index is 1.41. The van der Waals surface area contributed by atoms with Crippen molar-refractivity contribution in [1.29, 1.82) is 0 Å². The molecule has 1 aliphatic rings. The van der Waals surface area contributed by atoms with Crippen LogP contribution in [0.5, 0.6) is 5.75 Å². The molecule has 0 spiro atoms. The van der Waals surface area contributed by atoms with Crippen LogP contribution >= 0.6 is 11.6 Å². The van der Waals surface area contributed by atoms with Crippen LogP contribution in [0.3, 0.4) is 0 Å². The third-order valence-corrected chi connectivity index (χ3v) is 4.93. The second-order valence-corrected chi connectivity index (χ2v) is 6.95. The molecule has 1 fully saturated rings. The van der Waals surface area contributed by atoms with Crippen LogP contribution in [0.2, 0.25) is 5.02 Å². The highest BCUT2D eigenvalue weighted by Gasteiger charge is 2.23. The van der Waals surface area contributed by atoms with Crippen LogP contribution in [0.15, 0.2) is 48.5 Å². The van der Waals surface area contributed by atoms with Gasteiger partial charge in [-0.1, -0.05) is 29.8 Å². The zero-order chi connectivity index (χ0) is 17.6. The van der Waals surface area contributed by atoms with Crippen LogP contribution in [0, 0.1) is 5.92 Å². The van der Waals surface area contributed by atoms with Crippen LogP contribution in [0.25, 0.3) is 0 Å². The van der Waals surface area contributed by atoms with Crippen molar-refractivity contribution in [3.05, 3.63) is 59.1 Å². The number of anilines is 1. The number of para-hydroxylation sites is 1. The van der Waals surface area contributed by atoms with Crippen molar-refractivity contribution in [3.63, 3.8) is 0 Å². The molecule has 132 valence electrons. The van der Waals surface area contributed by atoms with Crippen molar-refractivity contribution in [2.24, 2.45) is 5.92 Å². The average Bonchev–Trinajstić information content (AvgIpc) is 3.09. The van der Waals surface area contributed by atoms with Crippen molar-refractivity contribution >= 4 is 23.2 Å². The Morgan fingerprint density at radius 1 is 1.20 bits per heavy atom. The number of phenolic OH excluding ortho intramolecular Hbond substituents is 1. The summed E-state index contributed by atoms with van der Waals surface area (Å²) in [5, 5.41) is 13.5. The Hall–Kier alpha value is -2.20. The molecule has 0 saturated carbocycles. The van der Waals surface area contributed by atoms with Crippen LogP contribution in [-0.4, -0.2) is 30.6 Å². The third kappa shape index (κ3) is 4.89. The molecule has 2 aromatic carbocycles. The highest BCUT2D eigenvalue weighted by molar-refractivity contribution is 6.30. The molecule has 2 aromatic rings. The Labute approximate surface area is 153 Å². The van der Waals surface area contributed by atoms with Crippen LogP contribution in [-0.2, 0) is 11.2 Å². The zero-order valence-corrected chi connectivity index (χ0v) is 14.9. The number of amides is 1. The molecule has 1 amide bonds. The van der Waals surface area contributed by atoms with E-state index in [-0.39, 0.29) is 11.7 Å². The summed E-state index contributed by atoms with van der Waals surface area (Å²) in [5.41, 5.74) is 1.99. The first-order chi connectivity index (χ1) is 12.1. The molecule has 0 radical (unpaired) electrons. The van der Waals surface area contributed by atoms with Gasteiger partial charge in [-0.05, 0) is 54.7 Å². The van der Waals surface area contributed by atoms with Crippen molar-refractivity contribution in [3.8, 4) is 5.75 Å². The Bertz CT molecular complexity index is 718. The highest BCUT2D eigenvalue weighted by atomic mass is 35.5. The summed E-state index contributed by atoms with van der Waals surface area (Å²) in [6.45, 7) is 2.64. The van der Waals surface area contributed by atoms with E-state index in [1.54, 1.807) is 12.1 Å². The first-order valence-electron chi connectivity index (χ1n) is 8.66. The second-order valence-electron chi connectivity index (χ2n) is 6.51. The molecule has 0 aliphatic carbocycles. The smallest absolute Gasteiger partial charge is 0.220 e. The van der Waals surface area contributed by atoms with Gasteiger partial charge < -0.3 is 15.3 Å². The number of carbonyl (C=O) groups is 1. The summed E-state index contributed by atoms with van der Waals surface area (Å²) < 4.78 is 0. The van der Waals surface area contributed by atoms with Gasteiger partial charge in [-0.25, -0.2) is 0 Å². The monoisotopic (exact) mass is 358 g/mol. The lowest BCUT2D eigenvalue weighted by molar-refractivity contribution is -0.121. The van der Waals surface area contributed by atoms with E-state index in [1.165, 1.54) is 5.69 Å². The molecule has 0 bridgehead atoms. The number of nitrogens with one attached hydrogen (secondary N) is 1. The number of aryl methyl sites for hydroxylation is 1. The highest BCUT2D eigenvalue weighted by Crippen LogP contribution is 2.25. The van der Waals surface area contributed by atoms with Crippen molar-refractivity contribution in [2.45, 2.75) is 19.3 Å². The summed E-state index contributed by atoms with van der Waals surface area (Å²) in [6.07, 6.45) is 2.02. The predicted octanol–water partition coefficient (Wildman–Crippen LogP) is 3.62. The summed E-state index contributed by atoms with van der Waals surface area (Å²) in [7, 11) is 0. The lowest BCUT2D eigenvalue weighted by atomic mass is 10.1. The number of carbonyl (C=O) groups excluding carboxylic acids is 1. The van der Waals surface area contributed by atoms with E-state index < -0.39 is 0 Å². The van der Waals surface area contributed by atoms with Gasteiger partial charge in [0.1, 0.15) is 5.75 Å². The Morgan fingerprint density at radius 3 is 2.72 bits per heavy atom. The topological polar surface area (TPSA) is 52.6 Å². The number of halogens is 1. The minimum absolute atomic E-state index is 0.0354. The molecule has 1 aliphatic heterocycles. The number of benzene rings is 2. The molecule has 1 heterocycles. The lowest BCUT2D eigenvalue weighted by Gasteiger charge is -2.19. The second kappa shape index (κ2) is 8.26. The quantitative estimate of drug-likeness (QED) is 0.829. The molecule has 5 heteroatoms. The summed E-state index contributed by atoms with van der Waals surface area (Å²) in [6, 6.07) is 15.0. The Kier molecular flexibility index (Phi) is 5.82. The number of phenols is 1. The van der Waals surface area contributed by atoms with Crippen molar-refractivity contribution in [2.75, 3.05) is 24.5 Å². The number of hydrogen-bond donors (Lipinski definition) is 2. The first-order valence-corrected chi connectivity index (χ1v) is 9.03. The van der Waals surface area contributed by atoms with Gasteiger partial charge in [0, 0.05) is 36.8 Å². The fourth-order valence-electron chi connectivity index (χ4n) is 3.20. The van der Waals surface area contributed by atoms with Crippen molar-refractivity contribution < 1.29 is 9.90 Å². The maximum absolute atomic E-state index is 12.1. The van der Waals surface area contributed by atoms with Gasteiger partial charge in [-0.3, -0.25) is 4.79 Å². The van der Waals surface area contributed by atoms with E-state index in [1.807, 2.05) is 36.4 Å². The molecule has 1 saturated heterocycles. The van der Waals surface area contributed by atoms with E-state index in [4.69, 9.17) is 11.6 Å². The molecule has 25 heavy (non-hydrogen) atoms. The van der Waals surface area contributed by atoms with Gasteiger partial charge in [0.05, 0.1) is 0 Å². The summed E-state index contributed by atoms with van der Waals surface area (Å²) in [5.74, 6) is 0.752. The van der Waals surface area contributed by atoms with E-state index >= 15 is 0 Å². The molecular formula is C20H23ClN2O2. The third-order valence-electron chi connectivity index (χ3n) is 4.68. The standard InChI is InChI=1S/C20H23ClN2O2/c21-17-6-8-18(9-7-17)23-12-11-15(14-23)13-22-20(25)10-5-16-3-1-2-4-19(16)24/h1-4,6-9,15,24H,5,10-14H2,(H,22,25)/t15-/m0/s1. The predicted molar refractivity (Wildman–Crippen MR) is 101 cm³/mol. The number of aromatic hydroxyl groups is 1. The fraction of sp³-hybridized carbons (Fsp3) is 0.350. The summed E-state index contributed by atoms with van der Waals surface area (Å²) >= 11 is 5.93. The summed E-state index contributed by atoms with van der Waals surface area (Å²) in [4.78, 5) is 14.4. The fourth-order valence-corrected chi connectivity index (χ4v) is 3.33. The van der Waals surface area contributed by atoms with E-state index in [2.05, 4.69) is 10.2 Å². The van der Waals surface area contributed by atoms with Crippen LogP contribution in [0.1, 0.15) is 18.4 Å². The van der Waals surface area contributed by atoms with Gasteiger partial charge in [-0.15, -0.1) is 0 Å². The largest absolute Gasteiger partial charge is 0.508 e. The lowest BCUT2D eigenvalue weighted by Crippen LogP contribution is -2.31. The molecule has 0 aromatic heterocycles. The van der Waals surface area contributed by atoms with Crippen molar-refractivity contribution in [1.82, 2.24) is 5.32 Å². The molecular weight excluding hydrogens is 336 g/mol. The molecule has 0 unspecified atom stereocenters. The minimum atomic E-state index is 0.0354. The molecule has 3 rings (SSSR count). The van der Waals surface area contributed by atoms with Gasteiger partial charge in [0.25, 0.3) is 0 Å². The number of rotatable bonds is 6. The maximum Gasteiger partial charge on any atom is 0.220 e. The van der Waals surface area contributed by atoms with E-state index in [0.29, 0.717) is 25.3 Å². The number of nitrogens with zero attached hydrogens (tertiary/aromatic N) is 1. The van der Waals surface area contributed by atoms with Gasteiger partial charge in [0.2, 0.25) is 5.91 Å². The van der Waals surface area contributed by atoms with Gasteiger partial charge >= 0.3 is 0 Å². The number of hydrogen-bond acceptors (Lipinski definition) is 3. The molecule has 1 atom stereocenters. The van der Waals surface area contributed by atoms with Crippen LogP contribution in [0.4, 0.5) is 5.69 Å². The minimum Gasteiger partial charge on any atom is -0.508 e. The molecule has 4 nitrogen and oxygen atoms in total. The zero-order valence-electron chi connectivity index (χ0n) is 14.1. The maximum atomic E-state index is 12.1. The Morgan fingerprint density at radius 2 is 1.96 bits per heavy atom. The van der Waals surface area contributed by atoms with E-state index in [0.717, 1.165) is 30.1 Å². The van der Waals surface area contributed by atoms with E-state index in [9.17, 15) is 9.90 Å². The average molecular weight is 359 g/mol.